The van der Waals surface area contributed by atoms with E-state index in [4.69, 9.17) is 9.26 Å². The van der Waals surface area contributed by atoms with Gasteiger partial charge in [-0.3, -0.25) is 9.59 Å². The minimum absolute atomic E-state index is 0.184. The molecule has 7 heteroatoms. The highest BCUT2D eigenvalue weighted by Crippen LogP contribution is 2.18. The van der Waals surface area contributed by atoms with Gasteiger partial charge in [0, 0.05) is 25.1 Å². The molecule has 0 aliphatic rings. The summed E-state index contributed by atoms with van der Waals surface area (Å²) in [6.45, 7) is 3.51. The Morgan fingerprint density at radius 3 is 2.37 bits per heavy atom. The first kappa shape index (κ1) is 18.3. The van der Waals surface area contributed by atoms with E-state index in [1.54, 1.807) is 31.3 Å². The van der Waals surface area contributed by atoms with Crippen LogP contribution in [0.4, 0.5) is 0 Å². The zero-order valence-corrected chi connectivity index (χ0v) is 15.3. The number of carbonyl (C=O) groups excluding carboxylic acids is 2. The zero-order valence-electron chi connectivity index (χ0n) is 15.3. The SMILES string of the molecule is CC(=O)Oc1ccc(C(=O)N(C)Cc2nc(-c3ccc(C)cc3)no2)cc1. The lowest BCUT2D eigenvalue weighted by atomic mass is 10.1. The van der Waals surface area contributed by atoms with Crippen LogP contribution in [0.25, 0.3) is 11.4 Å². The average Bonchev–Trinajstić information content (AvgIpc) is 3.10. The lowest BCUT2D eigenvalue weighted by Gasteiger charge is -2.14. The number of amides is 1. The molecular formula is C20H19N3O4. The maximum Gasteiger partial charge on any atom is 0.308 e. The predicted octanol–water partition coefficient (Wildman–Crippen LogP) is 3.24. The summed E-state index contributed by atoms with van der Waals surface area (Å²) in [6.07, 6.45) is 0. The van der Waals surface area contributed by atoms with Gasteiger partial charge < -0.3 is 14.2 Å². The maximum atomic E-state index is 12.5. The number of aryl methyl sites for hydroxylation is 1. The number of benzene rings is 2. The van der Waals surface area contributed by atoms with Crippen LogP contribution in [0.15, 0.2) is 53.1 Å². The molecule has 0 bridgehead atoms. The largest absolute Gasteiger partial charge is 0.427 e. The van der Waals surface area contributed by atoms with Crippen molar-refractivity contribution in [1.82, 2.24) is 15.0 Å². The van der Waals surface area contributed by atoms with E-state index in [0.29, 0.717) is 23.0 Å². The van der Waals surface area contributed by atoms with E-state index in [1.807, 2.05) is 31.2 Å². The Labute approximate surface area is 156 Å². The zero-order chi connectivity index (χ0) is 19.4. The molecular weight excluding hydrogens is 346 g/mol. The van der Waals surface area contributed by atoms with E-state index >= 15 is 0 Å². The number of hydrogen-bond acceptors (Lipinski definition) is 6. The molecule has 0 N–H and O–H groups in total. The first-order chi connectivity index (χ1) is 12.9. The van der Waals surface area contributed by atoms with Crippen LogP contribution in [0, 0.1) is 6.92 Å². The smallest absolute Gasteiger partial charge is 0.308 e. The summed E-state index contributed by atoms with van der Waals surface area (Å²) in [5.41, 5.74) is 2.46. The van der Waals surface area contributed by atoms with Gasteiger partial charge in [-0.2, -0.15) is 4.98 Å². The van der Waals surface area contributed by atoms with Crippen LogP contribution in [0.5, 0.6) is 5.75 Å². The molecule has 1 amide bonds. The fourth-order valence-electron chi connectivity index (χ4n) is 2.47. The molecule has 0 aliphatic carbocycles. The number of ether oxygens (including phenoxy) is 1. The molecule has 0 radical (unpaired) electrons. The van der Waals surface area contributed by atoms with E-state index < -0.39 is 5.97 Å². The van der Waals surface area contributed by atoms with Crippen molar-refractivity contribution in [2.45, 2.75) is 20.4 Å². The quantitative estimate of drug-likeness (QED) is 0.510. The van der Waals surface area contributed by atoms with Gasteiger partial charge >= 0.3 is 5.97 Å². The molecule has 0 spiro atoms. The Balaban J connectivity index is 1.66. The van der Waals surface area contributed by atoms with Gasteiger partial charge in [-0.05, 0) is 31.2 Å². The molecule has 0 atom stereocenters. The number of hydrogen-bond donors (Lipinski definition) is 0. The molecule has 0 fully saturated rings. The van der Waals surface area contributed by atoms with Crippen molar-refractivity contribution < 1.29 is 18.8 Å². The molecule has 7 nitrogen and oxygen atoms in total. The number of aromatic nitrogens is 2. The maximum absolute atomic E-state index is 12.5. The second kappa shape index (κ2) is 7.82. The van der Waals surface area contributed by atoms with Gasteiger partial charge in [-0.15, -0.1) is 0 Å². The van der Waals surface area contributed by atoms with Gasteiger partial charge in [-0.1, -0.05) is 35.0 Å². The van der Waals surface area contributed by atoms with Gasteiger partial charge in [0.05, 0.1) is 6.54 Å². The lowest BCUT2D eigenvalue weighted by molar-refractivity contribution is -0.131. The molecule has 0 aliphatic heterocycles. The first-order valence-electron chi connectivity index (χ1n) is 8.36. The predicted molar refractivity (Wildman–Crippen MR) is 98.0 cm³/mol. The molecule has 138 valence electrons. The van der Waals surface area contributed by atoms with Crippen molar-refractivity contribution in [3.63, 3.8) is 0 Å². The summed E-state index contributed by atoms with van der Waals surface area (Å²) in [5, 5.41) is 3.97. The third kappa shape index (κ3) is 4.58. The molecule has 3 rings (SSSR count). The molecule has 1 aromatic heterocycles. The summed E-state index contributed by atoms with van der Waals surface area (Å²) < 4.78 is 10.2. The topological polar surface area (TPSA) is 85.5 Å². The van der Waals surface area contributed by atoms with E-state index in [2.05, 4.69) is 10.1 Å². The Hall–Kier alpha value is -3.48. The summed E-state index contributed by atoms with van der Waals surface area (Å²) >= 11 is 0. The minimum Gasteiger partial charge on any atom is -0.427 e. The molecule has 0 saturated heterocycles. The van der Waals surface area contributed by atoms with Crippen LogP contribution in [-0.2, 0) is 11.3 Å². The van der Waals surface area contributed by atoms with Crippen molar-refractivity contribution in [2.75, 3.05) is 7.05 Å². The van der Waals surface area contributed by atoms with Crippen LogP contribution >= 0.6 is 0 Å². The Morgan fingerprint density at radius 2 is 1.74 bits per heavy atom. The third-order valence-corrected chi connectivity index (χ3v) is 3.86. The van der Waals surface area contributed by atoms with Crippen molar-refractivity contribution in [1.29, 1.82) is 0 Å². The summed E-state index contributed by atoms with van der Waals surface area (Å²) in [5.74, 6) is 0.599. The van der Waals surface area contributed by atoms with Crippen LogP contribution in [0.3, 0.4) is 0 Å². The molecule has 3 aromatic rings. The normalized spacial score (nSPS) is 10.5. The Bertz CT molecular complexity index is 946. The van der Waals surface area contributed by atoms with Crippen molar-refractivity contribution in [2.24, 2.45) is 0 Å². The van der Waals surface area contributed by atoms with Gasteiger partial charge in [-0.25, -0.2) is 0 Å². The van der Waals surface area contributed by atoms with Crippen LogP contribution < -0.4 is 4.74 Å². The Kier molecular flexibility index (Phi) is 5.30. The highest BCUT2D eigenvalue weighted by Gasteiger charge is 2.16. The highest BCUT2D eigenvalue weighted by molar-refractivity contribution is 5.94. The van der Waals surface area contributed by atoms with Gasteiger partial charge in [0.2, 0.25) is 11.7 Å². The number of nitrogens with zero attached hydrogens (tertiary/aromatic N) is 3. The van der Waals surface area contributed by atoms with E-state index in [9.17, 15) is 9.59 Å². The van der Waals surface area contributed by atoms with Crippen molar-refractivity contribution in [3.05, 3.63) is 65.5 Å². The molecule has 27 heavy (non-hydrogen) atoms. The van der Waals surface area contributed by atoms with Gasteiger partial charge in [0.15, 0.2) is 0 Å². The van der Waals surface area contributed by atoms with Crippen LogP contribution in [-0.4, -0.2) is 34.0 Å². The molecule has 0 unspecified atom stereocenters. The van der Waals surface area contributed by atoms with E-state index in [0.717, 1.165) is 11.1 Å². The number of rotatable bonds is 5. The van der Waals surface area contributed by atoms with Gasteiger partial charge in [0.1, 0.15) is 5.75 Å². The summed E-state index contributed by atoms with van der Waals surface area (Å²) in [4.78, 5) is 29.3. The highest BCUT2D eigenvalue weighted by atomic mass is 16.5. The standard InChI is InChI=1S/C20H19N3O4/c1-13-4-6-15(7-5-13)19-21-18(27-22-19)12-23(3)20(25)16-8-10-17(11-9-16)26-14(2)24/h4-11H,12H2,1-3H3. The molecule has 1 heterocycles. The summed E-state index contributed by atoms with van der Waals surface area (Å²) in [6, 6.07) is 14.1. The number of carbonyl (C=O) groups is 2. The lowest BCUT2D eigenvalue weighted by Crippen LogP contribution is -2.26. The summed E-state index contributed by atoms with van der Waals surface area (Å²) in [7, 11) is 1.65. The van der Waals surface area contributed by atoms with Crippen LogP contribution in [0.2, 0.25) is 0 Å². The molecule has 0 saturated carbocycles. The van der Waals surface area contributed by atoms with Crippen molar-refractivity contribution in [3.8, 4) is 17.1 Å². The van der Waals surface area contributed by atoms with Crippen molar-refractivity contribution >= 4 is 11.9 Å². The fraction of sp³-hybridized carbons (Fsp3) is 0.200. The first-order valence-corrected chi connectivity index (χ1v) is 8.36. The van der Waals surface area contributed by atoms with Gasteiger partial charge in [0.25, 0.3) is 5.91 Å². The Morgan fingerprint density at radius 1 is 1.07 bits per heavy atom. The van der Waals surface area contributed by atoms with E-state index in [-0.39, 0.29) is 12.5 Å². The third-order valence-electron chi connectivity index (χ3n) is 3.86. The molecule has 2 aromatic carbocycles. The number of esters is 1. The fourth-order valence-corrected chi connectivity index (χ4v) is 2.47. The van der Waals surface area contributed by atoms with E-state index in [1.165, 1.54) is 11.8 Å². The second-order valence-electron chi connectivity index (χ2n) is 6.16. The monoisotopic (exact) mass is 365 g/mol. The van der Waals surface area contributed by atoms with Crippen LogP contribution in [0.1, 0.15) is 28.7 Å². The second-order valence-corrected chi connectivity index (χ2v) is 6.16. The average molecular weight is 365 g/mol. The minimum atomic E-state index is -0.410.